The van der Waals surface area contributed by atoms with E-state index in [0.29, 0.717) is 17.2 Å². The molecular formula is C21H16ClNO5. The second-order valence-electron chi connectivity index (χ2n) is 5.95. The van der Waals surface area contributed by atoms with Crippen molar-refractivity contribution in [3.05, 3.63) is 76.0 Å². The lowest BCUT2D eigenvalue weighted by molar-refractivity contribution is 0.0600. The number of benzene rings is 2. The van der Waals surface area contributed by atoms with Gasteiger partial charge in [-0.25, -0.2) is 9.59 Å². The molecule has 28 heavy (non-hydrogen) atoms. The van der Waals surface area contributed by atoms with Crippen LogP contribution in [0.3, 0.4) is 0 Å². The summed E-state index contributed by atoms with van der Waals surface area (Å²) in [5.74, 6) is -0.362. The van der Waals surface area contributed by atoms with E-state index < -0.39 is 11.9 Å². The van der Waals surface area contributed by atoms with Crippen molar-refractivity contribution in [2.75, 3.05) is 7.11 Å². The van der Waals surface area contributed by atoms with Crippen molar-refractivity contribution in [2.24, 2.45) is 4.99 Å². The minimum atomic E-state index is -0.973. The lowest BCUT2D eigenvalue weighted by Crippen LogP contribution is -2.01. The molecule has 0 aliphatic heterocycles. The summed E-state index contributed by atoms with van der Waals surface area (Å²) in [6.45, 7) is 1.82. The smallest absolute Gasteiger partial charge is 0.339 e. The first-order valence-corrected chi connectivity index (χ1v) is 8.63. The van der Waals surface area contributed by atoms with Gasteiger partial charge >= 0.3 is 11.9 Å². The zero-order valence-electron chi connectivity index (χ0n) is 15.1. The van der Waals surface area contributed by atoms with Gasteiger partial charge in [0.05, 0.1) is 35.2 Å². The van der Waals surface area contributed by atoms with Gasteiger partial charge in [-0.1, -0.05) is 17.7 Å². The summed E-state index contributed by atoms with van der Waals surface area (Å²) in [6, 6.07) is 13.1. The van der Waals surface area contributed by atoms with Gasteiger partial charge in [-0.15, -0.1) is 0 Å². The lowest BCUT2D eigenvalue weighted by atomic mass is 10.0. The minimum Gasteiger partial charge on any atom is -0.478 e. The van der Waals surface area contributed by atoms with Crippen molar-refractivity contribution in [2.45, 2.75) is 6.92 Å². The van der Waals surface area contributed by atoms with Crippen LogP contribution in [-0.2, 0) is 4.74 Å². The van der Waals surface area contributed by atoms with E-state index in [1.807, 2.05) is 6.92 Å². The second kappa shape index (κ2) is 8.10. The first kappa shape index (κ1) is 19.4. The Morgan fingerprint density at radius 1 is 1.14 bits per heavy atom. The minimum absolute atomic E-state index is 0.224. The fourth-order valence-corrected chi connectivity index (χ4v) is 2.89. The van der Waals surface area contributed by atoms with Gasteiger partial charge in [0, 0.05) is 5.56 Å². The number of esters is 1. The zero-order chi connectivity index (χ0) is 20.3. The van der Waals surface area contributed by atoms with Gasteiger partial charge in [0.1, 0.15) is 11.5 Å². The summed E-state index contributed by atoms with van der Waals surface area (Å²) in [5, 5.41) is 9.30. The Hall–Kier alpha value is -3.38. The van der Waals surface area contributed by atoms with Gasteiger partial charge in [-0.05, 0) is 55.0 Å². The number of aromatic carboxylic acids is 1. The topological polar surface area (TPSA) is 89.1 Å². The Morgan fingerprint density at radius 3 is 2.57 bits per heavy atom. The van der Waals surface area contributed by atoms with Crippen LogP contribution in [0.1, 0.15) is 32.0 Å². The number of methoxy groups -OCH3 is 1. The Labute approximate surface area is 166 Å². The molecule has 0 saturated carbocycles. The predicted molar refractivity (Wildman–Crippen MR) is 106 cm³/mol. The maximum absolute atomic E-state index is 11.6. The average Bonchev–Trinajstić information content (AvgIpc) is 3.14. The monoisotopic (exact) mass is 397 g/mol. The number of aryl methyl sites for hydroxylation is 1. The van der Waals surface area contributed by atoms with E-state index >= 15 is 0 Å². The molecule has 0 atom stereocenters. The molecule has 2 aromatic carbocycles. The molecule has 7 heteroatoms. The average molecular weight is 398 g/mol. The van der Waals surface area contributed by atoms with E-state index in [4.69, 9.17) is 21.1 Å². The van der Waals surface area contributed by atoms with Crippen LogP contribution >= 0.6 is 11.6 Å². The summed E-state index contributed by atoms with van der Waals surface area (Å²) < 4.78 is 10.4. The maximum atomic E-state index is 11.6. The molecule has 0 amide bonds. The van der Waals surface area contributed by atoms with Gasteiger partial charge in [0.15, 0.2) is 0 Å². The highest BCUT2D eigenvalue weighted by Crippen LogP contribution is 2.27. The molecule has 0 saturated heterocycles. The molecule has 1 heterocycles. The zero-order valence-corrected chi connectivity index (χ0v) is 15.9. The Balaban J connectivity index is 1.80. The number of carboxylic acids is 1. The number of carbonyl (C=O) groups is 2. The number of halogens is 1. The third-order valence-electron chi connectivity index (χ3n) is 4.06. The normalized spacial score (nSPS) is 11.0. The molecule has 0 aliphatic rings. The molecule has 0 aliphatic carbocycles. The number of hydrogen-bond acceptors (Lipinski definition) is 5. The van der Waals surface area contributed by atoms with Gasteiger partial charge in [-0.2, -0.15) is 0 Å². The summed E-state index contributed by atoms with van der Waals surface area (Å²) in [6.07, 6.45) is 1.54. The van der Waals surface area contributed by atoms with Crippen molar-refractivity contribution in [1.29, 1.82) is 0 Å². The Bertz CT molecular complexity index is 1080. The number of hydrogen-bond donors (Lipinski definition) is 1. The second-order valence-corrected chi connectivity index (χ2v) is 6.36. The van der Waals surface area contributed by atoms with E-state index in [-0.39, 0.29) is 16.1 Å². The van der Waals surface area contributed by atoms with E-state index in [2.05, 4.69) is 9.73 Å². The van der Waals surface area contributed by atoms with Crippen LogP contribution in [0.25, 0.3) is 11.3 Å². The molecule has 6 nitrogen and oxygen atoms in total. The van der Waals surface area contributed by atoms with Crippen molar-refractivity contribution < 1.29 is 23.8 Å². The lowest BCUT2D eigenvalue weighted by Gasteiger charge is -2.04. The van der Waals surface area contributed by atoms with Crippen LogP contribution in [0.5, 0.6) is 0 Å². The molecule has 1 aromatic heterocycles. The number of nitrogens with zero attached hydrogens (tertiary/aromatic N) is 1. The Morgan fingerprint density at radius 2 is 1.93 bits per heavy atom. The number of carboxylic acid groups (broad SMARTS) is 1. The first-order valence-electron chi connectivity index (χ1n) is 8.25. The van der Waals surface area contributed by atoms with E-state index in [1.54, 1.807) is 42.5 Å². The van der Waals surface area contributed by atoms with Crippen LogP contribution in [0, 0.1) is 6.92 Å². The highest BCUT2D eigenvalue weighted by molar-refractivity contribution is 6.33. The summed E-state index contributed by atoms with van der Waals surface area (Å²) in [7, 11) is 1.29. The third kappa shape index (κ3) is 4.13. The van der Waals surface area contributed by atoms with Crippen LogP contribution < -0.4 is 0 Å². The molecule has 0 fully saturated rings. The number of rotatable bonds is 5. The molecule has 1 N–H and O–H groups in total. The highest BCUT2D eigenvalue weighted by Gasteiger charge is 2.12. The predicted octanol–water partition coefficient (Wildman–Crippen LogP) is 5.14. The van der Waals surface area contributed by atoms with Gasteiger partial charge in [-0.3, -0.25) is 4.99 Å². The molecule has 0 unspecified atom stereocenters. The first-order chi connectivity index (χ1) is 13.4. The fourth-order valence-electron chi connectivity index (χ4n) is 2.64. The van der Waals surface area contributed by atoms with Crippen molar-refractivity contribution in [3.63, 3.8) is 0 Å². The molecule has 3 rings (SSSR count). The quantitative estimate of drug-likeness (QED) is 0.475. The van der Waals surface area contributed by atoms with Crippen LogP contribution in [0.4, 0.5) is 5.69 Å². The van der Waals surface area contributed by atoms with Crippen LogP contribution in [0.2, 0.25) is 5.02 Å². The maximum Gasteiger partial charge on any atom is 0.339 e. The van der Waals surface area contributed by atoms with Gasteiger partial charge in [0.2, 0.25) is 0 Å². The molecule has 142 valence electrons. The van der Waals surface area contributed by atoms with Crippen molar-refractivity contribution >= 4 is 35.4 Å². The molecule has 0 bridgehead atoms. The largest absolute Gasteiger partial charge is 0.478 e. The third-order valence-corrected chi connectivity index (χ3v) is 4.38. The van der Waals surface area contributed by atoms with E-state index in [9.17, 15) is 9.59 Å². The Kier molecular flexibility index (Phi) is 5.61. The number of aliphatic imine (C=N–C) groups is 1. The highest BCUT2D eigenvalue weighted by atomic mass is 35.5. The molecular weight excluding hydrogens is 382 g/mol. The van der Waals surface area contributed by atoms with Crippen molar-refractivity contribution in [1.82, 2.24) is 0 Å². The number of carbonyl (C=O) groups excluding carboxylic acids is 1. The summed E-state index contributed by atoms with van der Waals surface area (Å²) >= 11 is 6.08. The standard InChI is InChI=1S/C21H16ClNO5/c1-12-9-13(20(24)25)3-6-16(12)19-8-5-15(28-19)11-23-14-4-7-17(18(22)10-14)21(26)27-2/h3-11H,1-2H3,(H,24,25). The van der Waals surface area contributed by atoms with Gasteiger partial charge in [0.25, 0.3) is 0 Å². The fraction of sp³-hybridized carbons (Fsp3) is 0.0952. The molecule has 3 aromatic rings. The number of ether oxygens (including phenoxy) is 1. The van der Waals surface area contributed by atoms with E-state index in [1.165, 1.54) is 19.4 Å². The summed E-state index contributed by atoms with van der Waals surface area (Å²) in [4.78, 5) is 26.9. The molecule has 0 radical (unpaired) electrons. The molecule has 0 spiro atoms. The SMILES string of the molecule is COC(=O)c1ccc(N=Cc2ccc(-c3ccc(C(=O)O)cc3C)o2)cc1Cl. The van der Waals surface area contributed by atoms with Crippen molar-refractivity contribution in [3.8, 4) is 11.3 Å². The number of furan rings is 1. The van der Waals surface area contributed by atoms with E-state index in [0.717, 1.165) is 11.1 Å². The van der Waals surface area contributed by atoms with Crippen LogP contribution in [-0.4, -0.2) is 30.4 Å². The van der Waals surface area contributed by atoms with Gasteiger partial charge < -0.3 is 14.3 Å². The van der Waals surface area contributed by atoms with Crippen LogP contribution in [0.15, 0.2) is 57.9 Å². The summed E-state index contributed by atoms with van der Waals surface area (Å²) in [5.41, 5.74) is 2.64.